The number of terminal acetylenes is 1. The lowest BCUT2D eigenvalue weighted by Gasteiger charge is -2.16. The lowest BCUT2D eigenvalue weighted by molar-refractivity contribution is 0.151. The third kappa shape index (κ3) is 5.24. The van der Waals surface area contributed by atoms with Gasteiger partial charge in [0.05, 0.1) is 6.54 Å². The van der Waals surface area contributed by atoms with Crippen molar-refractivity contribution in [1.82, 2.24) is 4.90 Å². The van der Waals surface area contributed by atoms with Crippen LogP contribution < -0.4 is 0 Å². The lowest BCUT2D eigenvalue weighted by atomic mass is 10.3. The molecule has 0 heterocycles. The Hall–Kier alpha value is -0.440. The Morgan fingerprint density at radius 3 is 2.75 bits per heavy atom. The summed E-state index contributed by atoms with van der Waals surface area (Å²) >= 11 is 2.26. The lowest BCUT2D eigenvalue weighted by Crippen LogP contribution is -2.31. The number of halogens is 1. The van der Waals surface area contributed by atoms with Crippen LogP contribution in [0.15, 0.2) is 0 Å². The highest BCUT2D eigenvalue weighted by atomic mass is 127. The Labute approximate surface area is 86.3 Å². The van der Waals surface area contributed by atoms with E-state index < -0.39 is 6.09 Å². The predicted molar refractivity (Wildman–Crippen MR) is 56.5 cm³/mol. The first-order chi connectivity index (χ1) is 5.57. The summed E-state index contributed by atoms with van der Waals surface area (Å²) in [7, 11) is 0. The molecule has 12 heavy (non-hydrogen) atoms. The first-order valence-corrected chi connectivity index (χ1v) is 4.88. The molecule has 68 valence electrons. The van der Waals surface area contributed by atoms with Crippen LogP contribution >= 0.6 is 22.6 Å². The van der Waals surface area contributed by atoms with Gasteiger partial charge >= 0.3 is 6.09 Å². The number of nitrogens with zero attached hydrogens (tertiary/aromatic N) is 1. The van der Waals surface area contributed by atoms with Crippen molar-refractivity contribution in [3.05, 3.63) is 0 Å². The number of carboxylic acid groups (broad SMARTS) is 1. The number of carbonyl (C=O) groups is 1. The maximum atomic E-state index is 10.5. The van der Waals surface area contributed by atoms with Crippen molar-refractivity contribution in [2.45, 2.75) is 17.3 Å². The summed E-state index contributed by atoms with van der Waals surface area (Å²) in [6.07, 6.45) is 4.92. The largest absolute Gasteiger partial charge is 0.465 e. The highest BCUT2D eigenvalue weighted by Gasteiger charge is 2.10. The van der Waals surface area contributed by atoms with E-state index in [1.54, 1.807) is 0 Å². The molecule has 1 N–H and O–H groups in total. The van der Waals surface area contributed by atoms with Crippen LogP contribution in [0.3, 0.4) is 0 Å². The molecule has 0 spiro atoms. The Balaban J connectivity index is 3.81. The first-order valence-electron chi connectivity index (χ1n) is 3.63. The maximum absolute atomic E-state index is 10.5. The molecule has 0 aromatic rings. The summed E-state index contributed by atoms with van der Waals surface area (Å²) < 4.78 is 0.474. The molecular weight excluding hydrogens is 269 g/mol. The Morgan fingerprint density at radius 1 is 1.83 bits per heavy atom. The van der Waals surface area contributed by atoms with Crippen LogP contribution in [0, 0.1) is 12.3 Å². The van der Waals surface area contributed by atoms with Gasteiger partial charge in [0, 0.05) is 10.5 Å². The SMILES string of the molecule is C#CCN(CCC(C)I)C(=O)O. The zero-order valence-electron chi connectivity index (χ0n) is 6.96. The summed E-state index contributed by atoms with van der Waals surface area (Å²) in [5, 5.41) is 8.65. The summed E-state index contributed by atoms with van der Waals surface area (Å²) in [6.45, 7) is 2.73. The van der Waals surface area contributed by atoms with Gasteiger partial charge in [0.2, 0.25) is 0 Å². The molecule has 0 aliphatic rings. The quantitative estimate of drug-likeness (QED) is 0.485. The van der Waals surface area contributed by atoms with Gasteiger partial charge in [0.25, 0.3) is 0 Å². The second kappa shape index (κ2) is 6.12. The molecule has 1 unspecified atom stereocenters. The third-order valence-corrected chi connectivity index (χ3v) is 1.97. The second-order valence-electron chi connectivity index (χ2n) is 2.48. The van der Waals surface area contributed by atoms with Crippen molar-refractivity contribution in [2.24, 2.45) is 0 Å². The molecule has 1 amide bonds. The average molecular weight is 281 g/mol. The summed E-state index contributed by atoms with van der Waals surface area (Å²) in [4.78, 5) is 11.8. The maximum Gasteiger partial charge on any atom is 0.408 e. The van der Waals surface area contributed by atoms with Crippen LogP contribution in [0.4, 0.5) is 4.79 Å². The van der Waals surface area contributed by atoms with Crippen LogP contribution in [0.25, 0.3) is 0 Å². The molecule has 0 bridgehead atoms. The van der Waals surface area contributed by atoms with E-state index in [0.717, 1.165) is 6.42 Å². The molecule has 0 aromatic carbocycles. The fourth-order valence-corrected chi connectivity index (χ4v) is 0.965. The van der Waals surface area contributed by atoms with E-state index in [-0.39, 0.29) is 6.54 Å². The molecule has 0 fully saturated rings. The Bertz CT molecular complexity index is 186. The van der Waals surface area contributed by atoms with E-state index >= 15 is 0 Å². The van der Waals surface area contributed by atoms with Crippen LogP contribution in [-0.2, 0) is 0 Å². The smallest absolute Gasteiger partial charge is 0.408 e. The Kier molecular flexibility index (Phi) is 5.89. The van der Waals surface area contributed by atoms with Crippen molar-refractivity contribution >= 4 is 28.7 Å². The second-order valence-corrected chi connectivity index (χ2v) is 4.60. The highest BCUT2D eigenvalue weighted by molar-refractivity contribution is 14.1. The van der Waals surface area contributed by atoms with Gasteiger partial charge in [-0.3, -0.25) is 4.90 Å². The number of amides is 1. The number of rotatable bonds is 4. The topological polar surface area (TPSA) is 40.5 Å². The van der Waals surface area contributed by atoms with E-state index in [1.807, 2.05) is 6.92 Å². The van der Waals surface area contributed by atoms with Crippen LogP contribution in [0.5, 0.6) is 0 Å². The average Bonchev–Trinajstić information content (AvgIpc) is 1.96. The zero-order chi connectivity index (χ0) is 9.56. The van der Waals surface area contributed by atoms with Gasteiger partial charge in [-0.1, -0.05) is 35.4 Å². The van der Waals surface area contributed by atoms with E-state index in [4.69, 9.17) is 11.5 Å². The standard InChI is InChI=1S/C8H12INO2/c1-3-5-10(8(11)12)6-4-7(2)9/h1,7H,4-6H2,2H3,(H,11,12). The molecule has 0 radical (unpaired) electrons. The molecule has 0 aliphatic heterocycles. The van der Waals surface area contributed by atoms with E-state index in [2.05, 4.69) is 28.5 Å². The minimum absolute atomic E-state index is 0.179. The van der Waals surface area contributed by atoms with Gasteiger partial charge in [0.15, 0.2) is 0 Å². The zero-order valence-corrected chi connectivity index (χ0v) is 9.11. The van der Waals surface area contributed by atoms with Gasteiger partial charge in [-0.05, 0) is 6.42 Å². The van der Waals surface area contributed by atoms with E-state index in [0.29, 0.717) is 10.5 Å². The van der Waals surface area contributed by atoms with Gasteiger partial charge in [-0.2, -0.15) is 0 Å². The van der Waals surface area contributed by atoms with Crippen LogP contribution in [0.1, 0.15) is 13.3 Å². The molecule has 0 aromatic heterocycles. The summed E-state index contributed by atoms with van der Waals surface area (Å²) in [5.41, 5.74) is 0. The van der Waals surface area contributed by atoms with Gasteiger partial charge < -0.3 is 5.11 Å². The minimum atomic E-state index is -0.940. The van der Waals surface area contributed by atoms with E-state index in [9.17, 15) is 4.79 Å². The molecule has 0 aliphatic carbocycles. The van der Waals surface area contributed by atoms with Crippen molar-refractivity contribution < 1.29 is 9.90 Å². The molecule has 0 saturated carbocycles. The minimum Gasteiger partial charge on any atom is -0.465 e. The summed E-state index contributed by atoms with van der Waals surface area (Å²) in [6, 6.07) is 0. The molecule has 0 saturated heterocycles. The van der Waals surface area contributed by atoms with Gasteiger partial charge in [-0.15, -0.1) is 6.42 Å². The number of hydrogen-bond acceptors (Lipinski definition) is 1. The van der Waals surface area contributed by atoms with Crippen molar-refractivity contribution in [3.63, 3.8) is 0 Å². The number of alkyl halides is 1. The Morgan fingerprint density at radius 2 is 2.42 bits per heavy atom. The fraction of sp³-hybridized carbons (Fsp3) is 0.625. The van der Waals surface area contributed by atoms with E-state index in [1.165, 1.54) is 4.90 Å². The van der Waals surface area contributed by atoms with Crippen LogP contribution in [-0.4, -0.2) is 33.1 Å². The van der Waals surface area contributed by atoms with Crippen molar-refractivity contribution in [1.29, 1.82) is 0 Å². The van der Waals surface area contributed by atoms with Gasteiger partial charge in [0.1, 0.15) is 0 Å². The van der Waals surface area contributed by atoms with Gasteiger partial charge in [-0.25, -0.2) is 4.79 Å². The fourth-order valence-electron chi connectivity index (χ4n) is 0.686. The normalized spacial score (nSPS) is 11.8. The van der Waals surface area contributed by atoms with Crippen molar-refractivity contribution in [2.75, 3.05) is 13.1 Å². The molecule has 4 heteroatoms. The monoisotopic (exact) mass is 281 g/mol. The molecule has 1 atom stereocenters. The first kappa shape index (κ1) is 11.6. The molecular formula is C8H12INO2. The molecule has 3 nitrogen and oxygen atoms in total. The molecule has 0 rings (SSSR count). The summed E-state index contributed by atoms with van der Waals surface area (Å²) in [5.74, 6) is 2.32. The third-order valence-electron chi connectivity index (χ3n) is 1.35. The van der Waals surface area contributed by atoms with Crippen LogP contribution in [0.2, 0.25) is 0 Å². The van der Waals surface area contributed by atoms with Crippen molar-refractivity contribution in [3.8, 4) is 12.3 Å². The predicted octanol–water partition coefficient (Wildman–Crippen LogP) is 1.81. The number of hydrogen-bond donors (Lipinski definition) is 1. The highest BCUT2D eigenvalue weighted by Crippen LogP contribution is 2.05.